The second kappa shape index (κ2) is 5.61. The zero-order valence-corrected chi connectivity index (χ0v) is 7.88. The number of para-hydroxylation sites is 1. The first-order valence-electron chi connectivity index (χ1n) is 4.08. The van der Waals surface area contributed by atoms with Crippen LogP contribution in [0.15, 0.2) is 30.3 Å². The number of hydrogen-bond donors (Lipinski definition) is 2. The van der Waals surface area contributed by atoms with Gasteiger partial charge in [-0.2, -0.15) is 0 Å². The molecule has 0 fully saturated rings. The van der Waals surface area contributed by atoms with Crippen molar-refractivity contribution in [3.8, 4) is 0 Å². The molecule has 0 bridgehead atoms. The summed E-state index contributed by atoms with van der Waals surface area (Å²) in [5.74, 6) is 0.704. The van der Waals surface area contributed by atoms with E-state index in [1.54, 1.807) is 0 Å². The average molecular weight is 166 g/mol. The highest BCUT2D eigenvalue weighted by Gasteiger charge is 1.92. The van der Waals surface area contributed by atoms with Crippen molar-refractivity contribution in [3.05, 3.63) is 30.3 Å². The first-order chi connectivity index (χ1) is 5.29. The lowest BCUT2D eigenvalue weighted by molar-refractivity contribution is 0.689. The summed E-state index contributed by atoms with van der Waals surface area (Å²) < 4.78 is 0. The van der Waals surface area contributed by atoms with E-state index in [0.717, 1.165) is 6.54 Å². The molecule has 0 aliphatic rings. The Bertz CT molecular complexity index is 194. The van der Waals surface area contributed by atoms with Gasteiger partial charge in [-0.1, -0.05) is 32.0 Å². The molecular formula is C10H18N2. The Labute approximate surface area is 74.6 Å². The monoisotopic (exact) mass is 166 g/mol. The van der Waals surface area contributed by atoms with E-state index in [4.69, 9.17) is 0 Å². The fraction of sp³-hybridized carbons (Fsp3) is 0.400. The number of benzene rings is 1. The molecule has 0 aliphatic heterocycles. The van der Waals surface area contributed by atoms with Crippen LogP contribution in [0.4, 0.5) is 5.69 Å². The van der Waals surface area contributed by atoms with Crippen molar-refractivity contribution in [2.75, 3.05) is 11.9 Å². The van der Waals surface area contributed by atoms with Crippen LogP contribution in [0, 0.1) is 5.92 Å². The van der Waals surface area contributed by atoms with Gasteiger partial charge < -0.3 is 11.5 Å². The van der Waals surface area contributed by atoms with Crippen LogP contribution in [0.3, 0.4) is 0 Å². The largest absolute Gasteiger partial charge is 0.385 e. The molecule has 2 nitrogen and oxygen atoms in total. The molecule has 1 aromatic rings. The fourth-order valence-corrected chi connectivity index (χ4v) is 0.878. The summed E-state index contributed by atoms with van der Waals surface area (Å²) in [6.45, 7) is 5.45. The molecule has 1 aromatic carbocycles. The Morgan fingerprint density at radius 3 is 2.25 bits per heavy atom. The van der Waals surface area contributed by atoms with Gasteiger partial charge >= 0.3 is 0 Å². The summed E-state index contributed by atoms with van der Waals surface area (Å²) in [5.41, 5.74) is 1.21. The molecule has 12 heavy (non-hydrogen) atoms. The minimum atomic E-state index is 0. The quantitative estimate of drug-likeness (QED) is 0.725. The normalized spacial score (nSPS) is 9.25. The third kappa shape index (κ3) is 3.98. The van der Waals surface area contributed by atoms with E-state index in [-0.39, 0.29) is 6.15 Å². The number of hydrogen-bond acceptors (Lipinski definition) is 2. The third-order valence-corrected chi connectivity index (χ3v) is 1.49. The Kier molecular flexibility index (Phi) is 5.13. The van der Waals surface area contributed by atoms with Gasteiger partial charge in [-0.25, -0.2) is 0 Å². The Hall–Kier alpha value is -1.02. The summed E-state index contributed by atoms with van der Waals surface area (Å²) in [7, 11) is 0. The maximum Gasteiger partial charge on any atom is 0.0340 e. The lowest BCUT2D eigenvalue weighted by Crippen LogP contribution is -2.07. The van der Waals surface area contributed by atoms with Crippen LogP contribution in [-0.4, -0.2) is 6.54 Å². The van der Waals surface area contributed by atoms with E-state index >= 15 is 0 Å². The second-order valence-corrected chi connectivity index (χ2v) is 3.14. The fourth-order valence-electron chi connectivity index (χ4n) is 0.878. The standard InChI is InChI=1S/C10H15N.H3N/c1-9(2)8-11-10-6-4-3-5-7-10;/h3-7,9,11H,8H2,1-2H3;1H3. The molecule has 1 rings (SSSR count). The van der Waals surface area contributed by atoms with Crippen molar-refractivity contribution in [1.29, 1.82) is 0 Å². The van der Waals surface area contributed by atoms with E-state index in [1.165, 1.54) is 5.69 Å². The summed E-state index contributed by atoms with van der Waals surface area (Å²) in [5, 5.41) is 3.34. The van der Waals surface area contributed by atoms with Gasteiger partial charge in [0.15, 0.2) is 0 Å². The SMILES string of the molecule is CC(C)CNc1ccccc1.N. The zero-order valence-electron chi connectivity index (χ0n) is 7.88. The summed E-state index contributed by atoms with van der Waals surface area (Å²) in [6.07, 6.45) is 0. The first kappa shape index (κ1) is 11.0. The van der Waals surface area contributed by atoms with Gasteiger partial charge in [0.05, 0.1) is 0 Å². The van der Waals surface area contributed by atoms with Crippen molar-refractivity contribution < 1.29 is 0 Å². The van der Waals surface area contributed by atoms with Crippen molar-refractivity contribution in [3.63, 3.8) is 0 Å². The van der Waals surface area contributed by atoms with Crippen LogP contribution in [0.5, 0.6) is 0 Å². The highest BCUT2D eigenvalue weighted by molar-refractivity contribution is 5.42. The van der Waals surface area contributed by atoms with Crippen LogP contribution < -0.4 is 11.5 Å². The number of rotatable bonds is 3. The molecular weight excluding hydrogens is 148 g/mol. The maximum atomic E-state index is 3.34. The minimum absolute atomic E-state index is 0. The third-order valence-electron chi connectivity index (χ3n) is 1.49. The lowest BCUT2D eigenvalue weighted by atomic mass is 10.2. The van der Waals surface area contributed by atoms with Crippen molar-refractivity contribution in [1.82, 2.24) is 6.15 Å². The molecule has 0 heterocycles. The highest BCUT2D eigenvalue weighted by Crippen LogP contribution is 2.05. The molecule has 2 heteroatoms. The molecule has 0 spiro atoms. The Morgan fingerprint density at radius 2 is 1.75 bits per heavy atom. The minimum Gasteiger partial charge on any atom is -0.385 e. The number of anilines is 1. The van der Waals surface area contributed by atoms with Crippen LogP contribution in [0.1, 0.15) is 13.8 Å². The summed E-state index contributed by atoms with van der Waals surface area (Å²) in [4.78, 5) is 0. The molecule has 0 amide bonds. The summed E-state index contributed by atoms with van der Waals surface area (Å²) >= 11 is 0. The van der Waals surface area contributed by atoms with Crippen molar-refractivity contribution >= 4 is 5.69 Å². The molecule has 0 atom stereocenters. The van der Waals surface area contributed by atoms with Gasteiger partial charge in [0.2, 0.25) is 0 Å². The molecule has 0 aliphatic carbocycles. The van der Waals surface area contributed by atoms with Crippen molar-refractivity contribution in [2.45, 2.75) is 13.8 Å². The Morgan fingerprint density at radius 1 is 1.17 bits per heavy atom. The molecule has 0 saturated heterocycles. The first-order valence-corrected chi connectivity index (χ1v) is 4.08. The van der Waals surface area contributed by atoms with Crippen LogP contribution in [-0.2, 0) is 0 Å². The predicted octanol–water partition coefficient (Wildman–Crippen LogP) is 2.92. The zero-order chi connectivity index (χ0) is 8.10. The Balaban J connectivity index is 0.00000121. The van der Waals surface area contributed by atoms with Gasteiger partial charge in [-0.3, -0.25) is 0 Å². The molecule has 0 radical (unpaired) electrons. The van der Waals surface area contributed by atoms with Gasteiger partial charge in [-0.15, -0.1) is 0 Å². The maximum absolute atomic E-state index is 3.34. The summed E-state index contributed by atoms with van der Waals surface area (Å²) in [6, 6.07) is 10.3. The molecule has 0 aromatic heterocycles. The second-order valence-electron chi connectivity index (χ2n) is 3.14. The van der Waals surface area contributed by atoms with Crippen LogP contribution >= 0.6 is 0 Å². The lowest BCUT2D eigenvalue weighted by Gasteiger charge is -2.07. The van der Waals surface area contributed by atoms with Gasteiger partial charge in [0.25, 0.3) is 0 Å². The molecule has 0 saturated carbocycles. The smallest absolute Gasteiger partial charge is 0.0340 e. The van der Waals surface area contributed by atoms with Crippen molar-refractivity contribution in [2.24, 2.45) is 5.92 Å². The van der Waals surface area contributed by atoms with Gasteiger partial charge in [-0.05, 0) is 18.1 Å². The van der Waals surface area contributed by atoms with Gasteiger partial charge in [0.1, 0.15) is 0 Å². The van der Waals surface area contributed by atoms with E-state index in [1.807, 2.05) is 18.2 Å². The van der Waals surface area contributed by atoms with Crippen LogP contribution in [0.25, 0.3) is 0 Å². The van der Waals surface area contributed by atoms with Crippen LogP contribution in [0.2, 0.25) is 0 Å². The van der Waals surface area contributed by atoms with Gasteiger partial charge in [0, 0.05) is 12.2 Å². The van der Waals surface area contributed by atoms with E-state index in [0.29, 0.717) is 5.92 Å². The molecule has 68 valence electrons. The molecule has 0 unspecified atom stereocenters. The van der Waals surface area contributed by atoms with E-state index in [2.05, 4.69) is 31.3 Å². The predicted molar refractivity (Wildman–Crippen MR) is 54.8 cm³/mol. The number of nitrogens with one attached hydrogen (secondary N) is 1. The van der Waals surface area contributed by atoms with E-state index < -0.39 is 0 Å². The average Bonchev–Trinajstić information content (AvgIpc) is 2.03. The molecule has 4 N–H and O–H groups in total. The van der Waals surface area contributed by atoms with E-state index in [9.17, 15) is 0 Å². The topological polar surface area (TPSA) is 47.0 Å². The highest BCUT2D eigenvalue weighted by atomic mass is 14.9.